The molecule has 0 bridgehead atoms. The van der Waals surface area contributed by atoms with Gasteiger partial charge in [0.25, 0.3) is 0 Å². The molecule has 0 unspecified atom stereocenters. The Bertz CT molecular complexity index is 647. The summed E-state index contributed by atoms with van der Waals surface area (Å²) < 4.78 is 5.34. The fourth-order valence-corrected chi connectivity index (χ4v) is 4.29. The second-order valence-corrected chi connectivity index (χ2v) is 7.31. The van der Waals surface area contributed by atoms with Gasteiger partial charge >= 0.3 is 0 Å². The molecule has 6 heteroatoms. The number of methoxy groups -OCH3 is 1. The molecule has 2 aliphatic rings. The summed E-state index contributed by atoms with van der Waals surface area (Å²) in [7, 11) is 1.62. The molecule has 2 fully saturated rings. The molecule has 2 heterocycles. The van der Waals surface area contributed by atoms with Gasteiger partial charge in [-0.3, -0.25) is 14.5 Å². The van der Waals surface area contributed by atoms with Crippen molar-refractivity contribution in [2.75, 3.05) is 33.3 Å². The first-order valence-electron chi connectivity index (χ1n) is 9.51. The molecule has 1 aromatic carbocycles. The molecule has 142 valence electrons. The van der Waals surface area contributed by atoms with Crippen LogP contribution in [0.25, 0.3) is 0 Å². The van der Waals surface area contributed by atoms with Crippen molar-refractivity contribution in [3.63, 3.8) is 0 Å². The van der Waals surface area contributed by atoms with E-state index in [1.165, 1.54) is 6.42 Å². The zero-order valence-electron chi connectivity index (χ0n) is 15.6. The first-order valence-corrected chi connectivity index (χ1v) is 9.51. The minimum atomic E-state index is -0.582. The van der Waals surface area contributed by atoms with Gasteiger partial charge in [0.2, 0.25) is 11.8 Å². The number of para-hydroxylation sites is 1. The number of primary amides is 1. The average Bonchev–Trinajstić information content (AvgIpc) is 2.69. The van der Waals surface area contributed by atoms with Gasteiger partial charge in [-0.2, -0.15) is 0 Å². The van der Waals surface area contributed by atoms with Gasteiger partial charge < -0.3 is 15.4 Å². The van der Waals surface area contributed by atoms with E-state index in [1.807, 2.05) is 29.2 Å². The lowest BCUT2D eigenvalue weighted by Crippen LogP contribution is -2.63. The third-order valence-corrected chi connectivity index (χ3v) is 5.90. The maximum Gasteiger partial charge on any atom is 0.238 e. The topological polar surface area (TPSA) is 75.9 Å². The Balaban J connectivity index is 1.64. The maximum absolute atomic E-state index is 12.7. The largest absolute Gasteiger partial charge is 0.496 e. The molecule has 3 rings (SSSR count). The van der Waals surface area contributed by atoms with Crippen LogP contribution in [0.15, 0.2) is 24.3 Å². The summed E-state index contributed by atoms with van der Waals surface area (Å²) in [5.41, 5.74) is 6.13. The van der Waals surface area contributed by atoms with Crippen LogP contribution in [0.1, 0.15) is 37.7 Å². The second-order valence-electron chi connectivity index (χ2n) is 7.31. The number of likely N-dealkylation sites (tertiary alicyclic amines) is 2. The summed E-state index contributed by atoms with van der Waals surface area (Å²) in [6, 6.07) is 7.60. The Labute approximate surface area is 155 Å². The Morgan fingerprint density at radius 1 is 1.08 bits per heavy atom. The van der Waals surface area contributed by atoms with E-state index in [4.69, 9.17) is 10.5 Å². The minimum absolute atomic E-state index is 0.0752. The number of rotatable bonds is 5. The molecule has 2 amide bonds. The number of nitrogens with zero attached hydrogens (tertiary/aromatic N) is 2. The fourth-order valence-electron chi connectivity index (χ4n) is 4.29. The van der Waals surface area contributed by atoms with Crippen LogP contribution in [0.5, 0.6) is 5.75 Å². The average molecular weight is 359 g/mol. The molecule has 6 nitrogen and oxygen atoms in total. The number of piperidine rings is 2. The van der Waals surface area contributed by atoms with Crippen LogP contribution in [0.3, 0.4) is 0 Å². The third-order valence-electron chi connectivity index (χ3n) is 5.90. The number of amides is 2. The van der Waals surface area contributed by atoms with Gasteiger partial charge in [-0.05, 0) is 44.8 Å². The van der Waals surface area contributed by atoms with E-state index in [0.717, 1.165) is 37.2 Å². The van der Waals surface area contributed by atoms with E-state index in [0.29, 0.717) is 32.4 Å². The molecule has 2 aliphatic heterocycles. The summed E-state index contributed by atoms with van der Waals surface area (Å²) in [5, 5.41) is 0. The Hall–Kier alpha value is -2.08. The number of benzene rings is 1. The second kappa shape index (κ2) is 8.08. The zero-order valence-corrected chi connectivity index (χ0v) is 15.6. The van der Waals surface area contributed by atoms with Crippen molar-refractivity contribution in [1.29, 1.82) is 0 Å². The number of hydrogen-bond acceptors (Lipinski definition) is 4. The van der Waals surface area contributed by atoms with Gasteiger partial charge in [-0.25, -0.2) is 0 Å². The molecule has 2 saturated heterocycles. The smallest absolute Gasteiger partial charge is 0.238 e. The van der Waals surface area contributed by atoms with Crippen molar-refractivity contribution < 1.29 is 14.3 Å². The number of carbonyl (C=O) groups excluding carboxylic acids is 2. The highest BCUT2D eigenvalue weighted by atomic mass is 16.5. The van der Waals surface area contributed by atoms with Crippen LogP contribution in [-0.4, -0.2) is 60.4 Å². The monoisotopic (exact) mass is 359 g/mol. The SMILES string of the molecule is COc1ccccc1CC(=O)N1CCC(C(N)=O)(N2CCCCC2)CC1. The molecule has 0 radical (unpaired) electrons. The summed E-state index contributed by atoms with van der Waals surface area (Å²) in [6.07, 6.45) is 5.02. The van der Waals surface area contributed by atoms with Crippen LogP contribution >= 0.6 is 0 Å². The van der Waals surface area contributed by atoms with Crippen LogP contribution in [-0.2, 0) is 16.0 Å². The lowest BCUT2D eigenvalue weighted by atomic mass is 9.83. The van der Waals surface area contributed by atoms with E-state index in [2.05, 4.69) is 4.90 Å². The standard InChI is InChI=1S/C20H29N3O3/c1-26-17-8-4-3-7-16(17)15-18(24)22-13-9-20(10-14-22,19(21)25)23-11-5-2-6-12-23/h3-4,7-8H,2,5-6,9-15H2,1H3,(H2,21,25). The number of ether oxygens (including phenoxy) is 1. The number of carbonyl (C=O) groups is 2. The quantitative estimate of drug-likeness (QED) is 0.866. The summed E-state index contributed by atoms with van der Waals surface area (Å²) >= 11 is 0. The summed E-state index contributed by atoms with van der Waals surface area (Å²) in [4.78, 5) is 29.1. The van der Waals surface area contributed by atoms with E-state index in [1.54, 1.807) is 7.11 Å². The highest BCUT2D eigenvalue weighted by molar-refractivity contribution is 5.86. The predicted molar refractivity (Wildman–Crippen MR) is 99.9 cm³/mol. The van der Waals surface area contributed by atoms with E-state index in [-0.39, 0.29) is 11.8 Å². The van der Waals surface area contributed by atoms with Crippen molar-refractivity contribution in [3.05, 3.63) is 29.8 Å². The Morgan fingerprint density at radius 2 is 1.73 bits per heavy atom. The number of nitrogens with two attached hydrogens (primary N) is 1. The Morgan fingerprint density at radius 3 is 2.35 bits per heavy atom. The van der Waals surface area contributed by atoms with E-state index < -0.39 is 5.54 Å². The molecule has 0 saturated carbocycles. The van der Waals surface area contributed by atoms with Crippen LogP contribution in [0, 0.1) is 0 Å². The molecule has 0 atom stereocenters. The predicted octanol–water partition coefficient (Wildman–Crippen LogP) is 1.57. The van der Waals surface area contributed by atoms with Crippen LogP contribution in [0.4, 0.5) is 0 Å². The fraction of sp³-hybridized carbons (Fsp3) is 0.600. The molecular formula is C20H29N3O3. The number of hydrogen-bond donors (Lipinski definition) is 1. The molecule has 0 aromatic heterocycles. The molecule has 2 N–H and O–H groups in total. The van der Waals surface area contributed by atoms with Gasteiger partial charge in [0.1, 0.15) is 11.3 Å². The van der Waals surface area contributed by atoms with Crippen LogP contribution in [0.2, 0.25) is 0 Å². The molecule has 0 spiro atoms. The van der Waals surface area contributed by atoms with Crippen molar-refractivity contribution in [2.24, 2.45) is 5.73 Å². The lowest BCUT2D eigenvalue weighted by Gasteiger charge is -2.48. The van der Waals surface area contributed by atoms with Gasteiger partial charge in [0, 0.05) is 18.7 Å². The lowest BCUT2D eigenvalue weighted by molar-refractivity contribution is -0.141. The van der Waals surface area contributed by atoms with Gasteiger partial charge in [-0.15, -0.1) is 0 Å². The van der Waals surface area contributed by atoms with Crippen molar-refractivity contribution in [3.8, 4) is 5.75 Å². The van der Waals surface area contributed by atoms with Crippen molar-refractivity contribution in [2.45, 2.75) is 44.1 Å². The van der Waals surface area contributed by atoms with Crippen LogP contribution < -0.4 is 10.5 Å². The van der Waals surface area contributed by atoms with Gasteiger partial charge in [0.15, 0.2) is 0 Å². The van der Waals surface area contributed by atoms with Gasteiger partial charge in [0.05, 0.1) is 13.5 Å². The highest BCUT2D eigenvalue weighted by Crippen LogP contribution is 2.32. The zero-order chi connectivity index (χ0) is 18.6. The van der Waals surface area contributed by atoms with Gasteiger partial charge in [-0.1, -0.05) is 24.6 Å². The minimum Gasteiger partial charge on any atom is -0.496 e. The van der Waals surface area contributed by atoms with E-state index >= 15 is 0 Å². The molecule has 0 aliphatic carbocycles. The third kappa shape index (κ3) is 3.70. The maximum atomic E-state index is 12.7. The molecule has 26 heavy (non-hydrogen) atoms. The summed E-state index contributed by atoms with van der Waals surface area (Å²) in [6.45, 7) is 3.01. The normalized spacial score (nSPS) is 20.6. The molecular weight excluding hydrogens is 330 g/mol. The van der Waals surface area contributed by atoms with E-state index in [9.17, 15) is 9.59 Å². The van der Waals surface area contributed by atoms with Crippen molar-refractivity contribution >= 4 is 11.8 Å². The molecule has 1 aromatic rings. The Kier molecular flexibility index (Phi) is 5.81. The first kappa shape index (κ1) is 18.7. The highest BCUT2D eigenvalue weighted by Gasteiger charge is 2.45. The summed E-state index contributed by atoms with van der Waals surface area (Å²) in [5.74, 6) is 0.570. The first-order chi connectivity index (χ1) is 12.6. The van der Waals surface area contributed by atoms with Crippen molar-refractivity contribution in [1.82, 2.24) is 9.80 Å².